The first-order valence-electron chi connectivity index (χ1n) is 6.66. The molecule has 2 N–H and O–H groups in total. The van der Waals surface area contributed by atoms with Crippen LogP contribution in [0.4, 0.5) is 5.69 Å². The number of hydrogen-bond acceptors (Lipinski definition) is 3. The van der Waals surface area contributed by atoms with Crippen LogP contribution in [-0.4, -0.2) is 17.5 Å². The molecule has 1 aromatic carbocycles. The van der Waals surface area contributed by atoms with Crippen molar-refractivity contribution in [3.05, 3.63) is 29.8 Å². The average Bonchev–Trinajstić information content (AvgIpc) is 2.45. The average molecular weight is 275 g/mol. The Balaban J connectivity index is 2.55. The van der Waals surface area contributed by atoms with Crippen LogP contribution in [0.1, 0.15) is 32.8 Å². The van der Waals surface area contributed by atoms with Gasteiger partial charge in [0, 0.05) is 11.4 Å². The minimum absolute atomic E-state index is 0.274. The van der Waals surface area contributed by atoms with Gasteiger partial charge in [-0.2, -0.15) is 5.10 Å². The summed E-state index contributed by atoms with van der Waals surface area (Å²) < 4.78 is 0. The topological polar surface area (TPSA) is 70.6 Å². The highest BCUT2D eigenvalue weighted by Crippen LogP contribution is 2.08. The lowest BCUT2D eigenvalue weighted by molar-refractivity contribution is -0.136. The molecule has 0 heterocycles. The maximum Gasteiger partial charge on any atom is 0.329 e. The minimum Gasteiger partial charge on any atom is -0.318 e. The molecule has 0 unspecified atom stereocenters. The first-order chi connectivity index (χ1) is 9.43. The van der Waals surface area contributed by atoms with Gasteiger partial charge in [0.05, 0.1) is 0 Å². The number of carbonyl (C=O) groups is 2. The number of amides is 2. The maximum absolute atomic E-state index is 11.7. The van der Waals surface area contributed by atoms with Crippen molar-refractivity contribution in [1.82, 2.24) is 5.43 Å². The zero-order chi connectivity index (χ0) is 15.1. The summed E-state index contributed by atoms with van der Waals surface area (Å²) in [4.78, 5) is 23.3. The Morgan fingerprint density at radius 2 is 1.80 bits per heavy atom. The van der Waals surface area contributed by atoms with Gasteiger partial charge in [-0.1, -0.05) is 31.5 Å². The third kappa shape index (κ3) is 4.84. The van der Waals surface area contributed by atoms with Gasteiger partial charge in [0.2, 0.25) is 0 Å². The Kier molecular flexibility index (Phi) is 5.90. The molecule has 0 bridgehead atoms. The predicted octanol–water partition coefficient (Wildman–Crippen LogP) is 2.47. The largest absolute Gasteiger partial charge is 0.329 e. The summed E-state index contributed by atoms with van der Waals surface area (Å²) in [6.07, 6.45) is 0.931. The monoisotopic (exact) mass is 275 g/mol. The normalized spacial score (nSPS) is 12.7. The predicted molar refractivity (Wildman–Crippen MR) is 80.5 cm³/mol. The van der Waals surface area contributed by atoms with Crippen molar-refractivity contribution in [3.8, 4) is 0 Å². The molecule has 0 radical (unpaired) electrons. The second-order valence-electron chi connectivity index (χ2n) is 4.82. The number of hydrogen-bond donors (Lipinski definition) is 2. The summed E-state index contributed by atoms with van der Waals surface area (Å²) in [6.45, 7) is 7.82. The highest BCUT2D eigenvalue weighted by Gasteiger charge is 2.13. The van der Waals surface area contributed by atoms with Crippen LogP contribution in [0.25, 0.3) is 0 Å². The molecule has 0 aromatic heterocycles. The van der Waals surface area contributed by atoms with E-state index in [9.17, 15) is 9.59 Å². The summed E-state index contributed by atoms with van der Waals surface area (Å²) in [5, 5.41) is 6.44. The van der Waals surface area contributed by atoms with Gasteiger partial charge >= 0.3 is 11.8 Å². The highest BCUT2D eigenvalue weighted by atomic mass is 16.2. The molecule has 20 heavy (non-hydrogen) atoms. The van der Waals surface area contributed by atoms with Crippen molar-refractivity contribution >= 4 is 23.2 Å². The molecule has 108 valence electrons. The lowest BCUT2D eigenvalue weighted by Crippen LogP contribution is -2.33. The van der Waals surface area contributed by atoms with Crippen molar-refractivity contribution < 1.29 is 9.59 Å². The van der Waals surface area contributed by atoms with E-state index in [4.69, 9.17) is 0 Å². The lowest BCUT2D eigenvalue weighted by Gasteiger charge is -2.08. The van der Waals surface area contributed by atoms with Crippen molar-refractivity contribution in [3.63, 3.8) is 0 Å². The number of rotatable bonds is 4. The summed E-state index contributed by atoms with van der Waals surface area (Å²) in [5.41, 5.74) is 4.73. The molecular weight excluding hydrogens is 254 g/mol. The molecule has 0 aliphatic rings. The van der Waals surface area contributed by atoms with Gasteiger partial charge in [-0.15, -0.1) is 0 Å². The molecule has 5 heteroatoms. The van der Waals surface area contributed by atoms with E-state index in [1.165, 1.54) is 0 Å². The Morgan fingerprint density at radius 3 is 2.35 bits per heavy atom. The third-order valence-corrected chi connectivity index (χ3v) is 3.18. The van der Waals surface area contributed by atoms with Gasteiger partial charge in [0.15, 0.2) is 0 Å². The highest BCUT2D eigenvalue weighted by molar-refractivity contribution is 6.39. The quantitative estimate of drug-likeness (QED) is 0.503. The van der Waals surface area contributed by atoms with Crippen LogP contribution >= 0.6 is 0 Å². The summed E-state index contributed by atoms with van der Waals surface area (Å²) in [6, 6.07) is 7.21. The smallest absolute Gasteiger partial charge is 0.318 e. The second kappa shape index (κ2) is 7.43. The van der Waals surface area contributed by atoms with Crippen molar-refractivity contribution in [2.45, 2.75) is 34.1 Å². The van der Waals surface area contributed by atoms with Crippen LogP contribution in [0.15, 0.2) is 29.4 Å². The van der Waals surface area contributed by atoms with Crippen LogP contribution in [-0.2, 0) is 9.59 Å². The van der Waals surface area contributed by atoms with Crippen LogP contribution in [0.5, 0.6) is 0 Å². The van der Waals surface area contributed by atoms with Crippen molar-refractivity contribution in [1.29, 1.82) is 0 Å². The molecular formula is C15H21N3O2. The van der Waals surface area contributed by atoms with E-state index in [-0.39, 0.29) is 5.92 Å². The number of carbonyl (C=O) groups excluding carboxylic acids is 2. The number of nitrogens with one attached hydrogen (secondary N) is 2. The van der Waals surface area contributed by atoms with Gasteiger partial charge < -0.3 is 5.32 Å². The molecule has 0 fully saturated rings. The zero-order valence-electron chi connectivity index (χ0n) is 12.4. The standard InChI is InChI=1S/C15H21N3O2/c1-5-11(3)12(4)17-18-15(20)14(19)16-13-8-6-10(2)7-9-13/h6-9,11H,5H2,1-4H3,(H,16,19)(H,18,20)/b17-12-/t11-/m1/s1. The Labute approximate surface area is 119 Å². The van der Waals surface area contributed by atoms with Gasteiger partial charge in [0.1, 0.15) is 0 Å². The molecule has 5 nitrogen and oxygen atoms in total. The summed E-state index contributed by atoms with van der Waals surface area (Å²) in [5.74, 6) is -1.22. The second-order valence-corrected chi connectivity index (χ2v) is 4.82. The van der Waals surface area contributed by atoms with E-state index in [1.807, 2.05) is 39.8 Å². The van der Waals surface area contributed by atoms with Crippen LogP contribution < -0.4 is 10.7 Å². The number of benzene rings is 1. The number of anilines is 1. The summed E-state index contributed by atoms with van der Waals surface area (Å²) >= 11 is 0. The van der Waals surface area contributed by atoms with E-state index >= 15 is 0 Å². The first kappa shape index (κ1) is 15.9. The lowest BCUT2D eigenvalue weighted by atomic mass is 10.1. The number of hydrazone groups is 1. The first-order valence-corrected chi connectivity index (χ1v) is 6.66. The van der Waals surface area contributed by atoms with E-state index < -0.39 is 11.8 Å². The summed E-state index contributed by atoms with van der Waals surface area (Å²) in [7, 11) is 0. The Morgan fingerprint density at radius 1 is 1.20 bits per heavy atom. The number of aryl methyl sites for hydroxylation is 1. The van der Waals surface area contributed by atoms with Crippen molar-refractivity contribution in [2.24, 2.45) is 11.0 Å². The SMILES string of the molecule is CC[C@@H](C)/C(C)=N\NC(=O)C(=O)Nc1ccc(C)cc1. The van der Waals surface area contributed by atoms with Gasteiger partial charge in [-0.05, 0) is 38.3 Å². The fourth-order valence-electron chi connectivity index (χ4n) is 1.42. The Bertz CT molecular complexity index is 506. The van der Waals surface area contributed by atoms with Crippen LogP contribution in [0, 0.1) is 12.8 Å². The van der Waals surface area contributed by atoms with E-state index in [1.54, 1.807) is 12.1 Å². The maximum atomic E-state index is 11.7. The molecule has 0 saturated heterocycles. The molecule has 1 aromatic rings. The molecule has 1 rings (SSSR count). The molecule has 2 amide bonds. The molecule has 0 aliphatic carbocycles. The third-order valence-electron chi connectivity index (χ3n) is 3.18. The van der Waals surface area contributed by atoms with Gasteiger partial charge in [-0.25, -0.2) is 5.43 Å². The van der Waals surface area contributed by atoms with Crippen molar-refractivity contribution in [2.75, 3.05) is 5.32 Å². The molecule has 0 spiro atoms. The van der Waals surface area contributed by atoms with E-state index in [0.29, 0.717) is 5.69 Å². The molecule has 1 atom stereocenters. The Hall–Kier alpha value is -2.17. The fourth-order valence-corrected chi connectivity index (χ4v) is 1.42. The van der Waals surface area contributed by atoms with E-state index in [0.717, 1.165) is 17.7 Å². The molecule has 0 aliphatic heterocycles. The number of nitrogens with zero attached hydrogens (tertiary/aromatic N) is 1. The van der Waals surface area contributed by atoms with Gasteiger partial charge in [-0.3, -0.25) is 9.59 Å². The van der Waals surface area contributed by atoms with Gasteiger partial charge in [0.25, 0.3) is 0 Å². The molecule has 0 saturated carbocycles. The van der Waals surface area contributed by atoms with Crippen LogP contribution in [0.3, 0.4) is 0 Å². The fraction of sp³-hybridized carbons (Fsp3) is 0.400. The van der Waals surface area contributed by atoms with E-state index in [2.05, 4.69) is 15.8 Å². The zero-order valence-corrected chi connectivity index (χ0v) is 12.4. The van der Waals surface area contributed by atoms with Crippen LogP contribution in [0.2, 0.25) is 0 Å². The minimum atomic E-state index is -0.770.